The van der Waals surface area contributed by atoms with E-state index in [4.69, 9.17) is 9.47 Å². The maximum absolute atomic E-state index is 12.7. The molecule has 25 heavy (non-hydrogen) atoms. The third kappa shape index (κ3) is 5.23. The highest BCUT2D eigenvalue weighted by molar-refractivity contribution is 7.89. The Hall–Kier alpha value is -1.02. The van der Waals surface area contributed by atoms with E-state index in [9.17, 15) is 8.42 Å². The summed E-state index contributed by atoms with van der Waals surface area (Å²) in [5, 5.41) is 0. The van der Waals surface area contributed by atoms with Gasteiger partial charge in [0.2, 0.25) is 10.0 Å². The second-order valence-electron chi connectivity index (χ2n) is 6.40. The highest BCUT2D eigenvalue weighted by Gasteiger charge is 2.25. The van der Waals surface area contributed by atoms with Crippen LogP contribution < -0.4 is 14.2 Å². The number of fused-ring (bicyclic) bond motifs is 1. The van der Waals surface area contributed by atoms with Crippen molar-refractivity contribution in [1.82, 2.24) is 9.62 Å². The lowest BCUT2D eigenvalue weighted by molar-refractivity contribution is 0.208. The number of piperidine rings is 1. The lowest BCUT2D eigenvalue weighted by Gasteiger charge is -2.31. The zero-order valence-corrected chi connectivity index (χ0v) is 16.2. The standard InChI is InChI=1S/C17H26N2O4S.ClH/c1-2-8-19-9-6-14(7-10-19)18-24(20,21)15-4-5-16-17(13-15)23-12-3-11-22-16;/h4-5,13-14,18H,2-3,6-12H2,1H3;1H. The number of likely N-dealkylation sites (tertiary alicyclic amines) is 1. The Morgan fingerprint density at radius 3 is 2.52 bits per heavy atom. The van der Waals surface area contributed by atoms with Gasteiger partial charge in [0.15, 0.2) is 11.5 Å². The highest BCUT2D eigenvalue weighted by Crippen LogP contribution is 2.32. The number of sulfonamides is 1. The first-order chi connectivity index (χ1) is 11.6. The van der Waals surface area contributed by atoms with Gasteiger partial charge in [-0.3, -0.25) is 0 Å². The van der Waals surface area contributed by atoms with Gasteiger partial charge >= 0.3 is 0 Å². The molecular weight excluding hydrogens is 364 g/mol. The van der Waals surface area contributed by atoms with E-state index in [0.29, 0.717) is 24.7 Å². The number of hydrogen-bond donors (Lipinski definition) is 1. The molecule has 0 aromatic heterocycles. The van der Waals surface area contributed by atoms with Crippen LogP contribution in [0.3, 0.4) is 0 Å². The molecule has 0 unspecified atom stereocenters. The Kier molecular flexibility index (Phi) is 7.37. The minimum absolute atomic E-state index is 0. The Labute approximate surface area is 156 Å². The van der Waals surface area contributed by atoms with Crippen LogP contribution in [0, 0.1) is 0 Å². The van der Waals surface area contributed by atoms with E-state index >= 15 is 0 Å². The first-order valence-electron chi connectivity index (χ1n) is 8.73. The van der Waals surface area contributed by atoms with E-state index in [2.05, 4.69) is 16.5 Å². The molecule has 3 rings (SSSR count). The van der Waals surface area contributed by atoms with Crippen LogP contribution >= 0.6 is 12.4 Å². The minimum atomic E-state index is -3.54. The Balaban J connectivity index is 0.00000225. The van der Waals surface area contributed by atoms with Crippen molar-refractivity contribution in [2.24, 2.45) is 0 Å². The van der Waals surface area contributed by atoms with Crippen molar-refractivity contribution in [2.45, 2.75) is 43.5 Å². The number of benzene rings is 1. The van der Waals surface area contributed by atoms with Crippen LogP contribution in [0.2, 0.25) is 0 Å². The van der Waals surface area contributed by atoms with Crippen LogP contribution in [-0.2, 0) is 10.0 Å². The Morgan fingerprint density at radius 1 is 1.16 bits per heavy atom. The third-order valence-corrected chi connectivity index (χ3v) is 6.00. The summed E-state index contributed by atoms with van der Waals surface area (Å²) in [6, 6.07) is 4.83. The molecule has 1 fully saturated rings. The van der Waals surface area contributed by atoms with E-state index in [1.807, 2.05) is 0 Å². The van der Waals surface area contributed by atoms with Gasteiger partial charge in [-0.25, -0.2) is 13.1 Å². The second-order valence-corrected chi connectivity index (χ2v) is 8.11. The van der Waals surface area contributed by atoms with Gasteiger partial charge in [-0.1, -0.05) is 6.92 Å². The second kappa shape index (κ2) is 9.07. The van der Waals surface area contributed by atoms with Crippen LogP contribution in [-0.4, -0.2) is 52.2 Å². The predicted molar refractivity (Wildman–Crippen MR) is 99.4 cm³/mol. The van der Waals surface area contributed by atoms with Crippen molar-refractivity contribution in [1.29, 1.82) is 0 Å². The molecule has 0 saturated carbocycles. The average molecular weight is 391 g/mol. The molecule has 6 nitrogen and oxygen atoms in total. The van der Waals surface area contributed by atoms with Crippen molar-refractivity contribution < 1.29 is 17.9 Å². The van der Waals surface area contributed by atoms with Crippen LogP contribution in [0.25, 0.3) is 0 Å². The third-order valence-electron chi connectivity index (χ3n) is 4.48. The summed E-state index contributed by atoms with van der Waals surface area (Å²) in [5.41, 5.74) is 0. The van der Waals surface area contributed by atoms with Gasteiger partial charge in [-0.15, -0.1) is 12.4 Å². The summed E-state index contributed by atoms with van der Waals surface area (Å²) in [6.45, 7) is 6.28. The van der Waals surface area contributed by atoms with Crippen molar-refractivity contribution in [3.63, 3.8) is 0 Å². The van der Waals surface area contributed by atoms with Crippen molar-refractivity contribution in [3.05, 3.63) is 18.2 Å². The van der Waals surface area contributed by atoms with Gasteiger partial charge in [0, 0.05) is 18.5 Å². The highest BCUT2D eigenvalue weighted by atomic mass is 35.5. The number of rotatable bonds is 5. The minimum Gasteiger partial charge on any atom is -0.490 e. The first-order valence-corrected chi connectivity index (χ1v) is 10.2. The Bertz CT molecular complexity index is 661. The molecule has 0 radical (unpaired) electrons. The molecule has 1 aromatic carbocycles. The van der Waals surface area contributed by atoms with Crippen LogP contribution in [0.5, 0.6) is 11.5 Å². The van der Waals surface area contributed by atoms with Gasteiger partial charge in [-0.05, 0) is 51.0 Å². The number of nitrogens with one attached hydrogen (secondary N) is 1. The summed E-state index contributed by atoms with van der Waals surface area (Å²) >= 11 is 0. The quantitative estimate of drug-likeness (QED) is 0.836. The largest absolute Gasteiger partial charge is 0.490 e. The molecule has 1 N–H and O–H groups in total. The lowest BCUT2D eigenvalue weighted by Crippen LogP contribution is -2.44. The molecule has 2 heterocycles. The fourth-order valence-corrected chi connectivity index (χ4v) is 4.51. The molecule has 142 valence electrons. The molecule has 1 saturated heterocycles. The number of nitrogens with zero attached hydrogens (tertiary/aromatic N) is 1. The molecule has 1 aromatic rings. The zero-order chi connectivity index (χ0) is 17.0. The van der Waals surface area contributed by atoms with Crippen molar-refractivity contribution in [2.75, 3.05) is 32.8 Å². The SMILES string of the molecule is CCCN1CCC(NS(=O)(=O)c2ccc3c(c2)OCCCO3)CC1.Cl. The number of hydrogen-bond acceptors (Lipinski definition) is 5. The molecule has 0 bridgehead atoms. The summed E-state index contributed by atoms with van der Waals surface area (Å²) in [6.07, 6.45) is 3.63. The fraction of sp³-hybridized carbons (Fsp3) is 0.647. The summed E-state index contributed by atoms with van der Waals surface area (Å²) in [4.78, 5) is 2.63. The van der Waals surface area contributed by atoms with E-state index in [1.165, 1.54) is 0 Å². The van der Waals surface area contributed by atoms with Gasteiger partial charge in [0.05, 0.1) is 18.1 Å². The summed E-state index contributed by atoms with van der Waals surface area (Å²) < 4.78 is 39.3. The molecule has 2 aliphatic heterocycles. The number of halogens is 1. The average Bonchev–Trinajstić information content (AvgIpc) is 2.81. The first kappa shape index (κ1) is 20.3. The van der Waals surface area contributed by atoms with Gasteiger partial charge in [-0.2, -0.15) is 0 Å². The molecular formula is C17H27ClN2O4S. The zero-order valence-electron chi connectivity index (χ0n) is 14.6. The van der Waals surface area contributed by atoms with E-state index in [0.717, 1.165) is 45.3 Å². The van der Waals surface area contributed by atoms with Crippen molar-refractivity contribution in [3.8, 4) is 11.5 Å². The van der Waals surface area contributed by atoms with Crippen molar-refractivity contribution >= 4 is 22.4 Å². The van der Waals surface area contributed by atoms with Crippen LogP contribution in [0.1, 0.15) is 32.6 Å². The smallest absolute Gasteiger partial charge is 0.240 e. The maximum atomic E-state index is 12.7. The van der Waals surface area contributed by atoms with Gasteiger partial charge in [0.25, 0.3) is 0 Å². The fourth-order valence-electron chi connectivity index (χ4n) is 3.19. The van der Waals surface area contributed by atoms with E-state index in [-0.39, 0.29) is 23.3 Å². The lowest BCUT2D eigenvalue weighted by atomic mass is 10.1. The Morgan fingerprint density at radius 2 is 1.84 bits per heavy atom. The summed E-state index contributed by atoms with van der Waals surface area (Å²) in [7, 11) is -3.54. The van der Waals surface area contributed by atoms with Gasteiger partial charge < -0.3 is 14.4 Å². The van der Waals surface area contributed by atoms with Gasteiger partial charge in [0.1, 0.15) is 0 Å². The van der Waals surface area contributed by atoms with E-state index < -0.39 is 10.0 Å². The van der Waals surface area contributed by atoms with Crippen LogP contribution in [0.15, 0.2) is 23.1 Å². The molecule has 0 atom stereocenters. The molecule has 2 aliphatic rings. The monoisotopic (exact) mass is 390 g/mol. The maximum Gasteiger partial charge on any atom is 0.240 e. The van der Waals surface area contributed by atoms with E-state index in [1.54, 1.807) is 18.2 Å². The topological polar surface area (TPSA) is 67.9 Å². The molecule has 0 amide bonds. The predicted octanol–water partition coefficient (Wildman–Crippen LogP) is 2.42. The normalized spacial score (nSPS) is 19.1. The molecule has 0 aliphatic carbocycles. The molecule has 8 heteroatoms. The number of ether oxygens (including phenoxy) is 2. The molecule has 0 spiro atoms. The van der Waals surface area contributed by atoms with Crippen LogP contribution in [0.4, 0.5) is 0 Å². The summed E-state index contributed by atoms with van der Waals surface area (Å²) in [5.74, 6) is 1.12.